The summed E-state index contributed by atoms with van der Waals surface area (Å²) in [6.45, 7) is 6.84. The highest BCUT2D eigenvalue weighted by Gasteiger charge is 2.33. The summed E-state index contributed by atoms with van der Waals surface area (Å²) >= 11 is 0. The van der Waals surface area contributed by atoms with Crippen molar-refractivity contribution >= 4 is 25.8 Å². The van der Waals surface area contributed by atoms with Crippen LogP contribution in [0.5, 0.6) is 0 Å². The Balaban J connectivity index is 1.55. The Kier molecular flexibility index (Phi) is 9.25. The highest BCUT2D eigenvalue weighted by Crippen LogP contribution is 2.40. The van der Waals surface area contributed by atoms with Gasteiger partial charge in [-0.3, -0.25) is 4.99 Å². The topological polar surface area (TPSA) is 134 Å². The standard InChI is InChI=1S/C32H45N3O6S2/c1-31(2,36)21-41-32(3,4)33-30-28-19-24(42(37,38)34-22-11-7-5-8-12-22)15-17-26(28)27-18-16-25(20-29(27)30)43(39,40)35-23-13-9-6-10-14-23/h15-20,22-23,34-36H,5-14,21H2,1-4H3. The van der Waals surface area contributed by atoms with E-state index >= 15 is 0 Å². The predicted octanol–water partition coefficient (Wildman–Crippen LogP) is 5.25. The van der Waals surface area contributed by atoms with E-state index in [2.05, 4.69) is 9.44 Å². The van der Waals surface area contributed by atoms with Gasteiger partial charge in [0.05, 0.1) is 27.7 Å². The quantitative estimate of drug-likeness (QED) is 0.280. The third-order valence-electron chi connectivity index (χ3n) is 8.42. The van der Waals surface area contributed by atoms with Crippen molar-refractivity contribution in [2.24, 2.45) is 4.99 Å². The molecule has 0 unspecified atom stereocenters. The molecule has 11 heteroatoms. The first kappa shape index (κ1) is 32.2. The van der Waals surface area contributed by atoms with Gasteiger partial charge in [-0.15, -0.1) is 0 Å². The van der Waals surface area contributed by atoms with E-state index in [1.807, 2.05) is 0 Å². The second-order valence-electron chi connectivity index (χ2n) is 13.3. The molecule has 0 aromatic heterocycles. The average Bonchev–Trinajstić information content (AvgIpc) is 3.24. The molecule has 2 fully saturated rings. The Morgan fingerprint density at radius 3 is 1.53 bits per heavy atom. The van der Waals surface area contributed by atoms with E-state index in [1.165, 1.54) is 0 Å². The van der Waals surface area contributed by atoms with Crippen LogP contribution in [0.3, 0.4) is 0 Å². The van der Waals surface area contributed by atoms with E-state index in [4.69, 9.17) is 9.73 Å². The maximum absolute atomic E-state index is 13.5. The van der Waals surface area contributed by atoms with Crippen LogP contribution < -0.4 is 9.44 Å². The predicted molar refractivity (Wildman–Crippen MR) is 168 cm³/mol. The van der Waals surface area contributed by atoms with Crippen molar-refractivity contribution in [1.29, 1.82) is 0 Å². The first-order valence-electron chi connectivity index (χ1n) is 15.4. The summed E-state index contributed by atoms with van der Waals surface area (Å²) in [5.41, 5.74) is 1.00. The zero-order valence-corrected chi connectivity index (χ0v) is 27.3. The van der Waals surface area contributed by atoms with Crippen molar-refractivity contribution in [1.82, 2.24) is 9.44 Å². The number of benzene rings is 2. The minimum atomic E-state index is -3.79. The SMILES string of the molecule is CC(C)(O)COC(C)(C)N=C1c2cc(S(=O)(=O)NC3CCCCC3)ccc2-c2ccc(S(=O)(=O)NC3CCCCC3)cc21. The number of ether oxygens (including phenoxy) is 1. The van der Waals surface area contributed by atoms with E-state index in [1.54, 1.807) is 64.1 Å². The van der Waals surface area contributed by atoms with Crippen molar-refractivity contribution in [2.75, 3.05) is 6.61 Å². The minimum absolute atomic E-state index is 0.0238. The van der Waals surface area contributed by atoms with Crippen LogP contribution in [0.25, 0.3) is 11.1 Å². The van der Waals surface area contributed by atoms with Crippen molar-refractivity contribution in [3.8, 4) is 11.1 Å². The van der Waals surface area contributed by atoms with Gasteiger partial charge in [0.15, 0.2) is 5.72 Å². The molecule has 0 spiro atoms. The van der Waals surface area contributed by atoms with E-state index in [0.717, 1.165) is 75.3 Å². The van der Waals surface area contributed by atoms with Gasteiger partial charge in [-0.2, -0.15) is 0 Å². The molecule has 0 atom stereocenters. The highest BCUT2D eigenvalue weighted by molar-refractivity contribution is 7.89. The lowest BCUT2D eigenvalue weighted by Crippen LogP contribution is -2.36. The van der Waals surface area contributed by atoms with Crippen LogP contribution in [0.1, 0.15) is 103 Å². The van der Waals surface area contributed by atoms with Gasteiger partial charge in [-0.1, -0.05) is 50.7 Å². The van der Waals surface area contributed by atoms with Gasteiger partial charge in [-0.25, -0.2) is 26.3 Å². The normalized spacial score (nSPS) is 18.9. The second-order valence-corrected chi connectivity index (χ2v) is 16.8. The fourth-order valence-electron chi connectivity index (χ4n) is 6.18. The minimum Gasteiger partial charge on any atom is -0.388 e. The number of aliphatic imine (C=N–C) groups is 1. The van der Waals surface area contributed by atoms with Crippen LogP contribution in [0.15, 0.2) is 51.2 Å². The Morgan fingerprint density at radius 2 is 1.14 bits per heavy atom. The van der Waals surface area contributed by atoms with Gasteiger partial charge in [0.1, 0.15) is 0 Å². The van der Waals surface area contributed by atoms with Crippen LogP contribution in [0.2, 0.25) is 0 Å². The summed E-state index contributed by atoms with van der Waals surface area (Å²) in [7, 11) is -7.58. The monoisotopic (exact) mass is 631 g/mol. The number of fused-ring (bicyclic) bond motifs is 3. The molecule has 3 N–H and O–H groups in total. The second kappa shape index (κ2) is 12.3. The number of nitrogens with one attached hydrogen (secondary N) is 2. The molecular weight excluding hydrogens is 587 g/mol. The summed E-state index contributed by atoms with van der Waals surface area (Å²) in [6, 6.07) is 9.81. The van der Waals surface area contributed by atoms with Crippen LogP contribution >= 0.6 is 0 Å². The number of nitrogens with zero attached hydrogens (tertiary/aromatic N) is 1. The Labute approximate surface area is 256 Å². The van der Waals surface area contributed by atoms with E-state index in [-0.39, 0.29) is 28.5 Å². The maximum Gasteiger partial charge on any atom is 0.240 e. The van der Waals surface area contributed by atoms with Crippen molar-refractivity contribution in [3.63, 3.8) is 0 Å². The van der Waals surface area contributed by atoms with Gasteiger partial charge in [0, 0.05) is 23.2 Å². The van der Waals surface area contributed by atoms with Gasteiger partial charge < -0.3 is 9.84 Å². The van der Waals surface area contributed by atoms with Crippen LogP contribution in [0.4, 0.5) is 0 Å². The zero-order chi connectivity index (χ0) is 31.0. The smallest absolute Gasteiger partial charge is 0.240 e. The lowest BCUT2D eigenvalue weighted by molar-refractivity contribution is -0.0868. The third kappa shape index (κ3) is 7.75. The van der Waals surface area contributed by atoms with Gasteiger partial charge in [0.2, 0.25) is 20.0 Å². The molecule has 43 heavy (non-hydrogen) atoms. The van der Waals surface area contributed by atoms with Crippen LogP contribution in [-0.4, -0.2) is 57.7 Å². The number of aliphatic hydroxyl groups is 1. The van der Waals surface area contributed by atoms with Crippen molar-refractivity contribution < 1.29 is 26.7 Å². The molecule has 0 bridgehead atoms. The average molecular weight is 632 g/mol. The molecule has 0 saturated heterocycles. The molecule has 2 aromatic carbocycles. The molecule has 9 nitrogen and oxygen atoms in total. The molecule has 3 aliphatic rings. The van der Waals surface area contributed by atoms with Gasteiger partial charge >= 0.3 is 0 Å². The molecular formula is C32H45N3O6S2. The molecule has 0 aliphatic heterocycles. The number of hydrogen-bond acceptors (Lipinski definition) is 7. The molecule has 2 aromatic rings. The summed E-state index contributed by atoms with van der Waals surface area (Å²) in [6.07, 6.45) is 9.54. The van der Waals surface area contributed by atoms with Gasteiger partial charge in [-0.05, 0) is 88.8 Å². The lowest BCUT2D eigenvalue weighted by atomic mass is 9.96. The summed E-state index contributed by atoms with van der Waals surface area (Å²) in [4.78, 5) is 5.20. The molecule has 0 amide bonds. The molecule has 0 radical (unpaired) electrons. The largest absolute Gasteiger partial charge is 0.388 e. The third-order valence-corrected chi connectivity index (χ3v) is 11.5. The Hall–Kier alpha value is -2.15. The highest BCUT2D eigenvalue weighted by atomic mass is 32.2. The first-order valence-corrected chi connectivity index (χ1v) is 18.4. The summed E-state index contributed by atoms with van der Waals surface area (Å²) in [5, 5.41) is 10.3. The fourth-order valence-corrected chi connectivity index (χ4v) is 8.84. The Morgan fingerprint density at radius 1 is 0.721 bits per heavy atom. The van der Waals surface area contributed by atoms with Crippen LogP contribution in [-0.2, 0) is 24.8 Å². The molecule has 5 rings (SSSR count). The fraction of sp³-hybridized carbons (Fsp3) is 0.594. The number of sulfonamides is 2. The van der Waals surface area contributed by atoms with Crippen molar-refractivity contribution in [2.45, 2.75) is 125 Å². The Bertz CT molecular complexity index is 1480. The van der Waals surface area contributed by atoms with E-state index in [0.29, 0.717) is 16.8 Å². The molecule has 236 valence electrons. The maximum atomic E-state index is 13.5. The number of hydrogen-bond donors (Lipinski definition) is 3. The lowest BCUT2D eigenvalue weighted by Gasteiger charge is -2.27. The molecule has 3 aliphatic carbocycles. The van der Waals surface area contributed by atoms with Gasteiger partial charge in [0.25, 0.3) is 0 Å². The van der Waals surface area contributed by atoms with E-state index < -0.39 is 31.4 Å². The summed E-state index contributed by atoms with van der Waals surface area (Å²) < 4.78 is 65.6. The molecule has 2 saturated carbocycles. The van der Waals surface area contributed by atoms with Crippen molar-refractivity contribution in [3.05, 3.63) is 47.5 Å². The molecule has 0 heterocycles. The summed E-state index contributed by atoms with van der Waals surface area (Å²) in [5.74, 6) is 0. The zero-order valence-electron chi connectivity index (χ0n) is 25.6. The van der Waals surface area contributed by atoms with E-state index in [9.17, 15) is 21.9 Å². The number of rotatable bonds is 10. The first-order chi connectivity index (χ1) is 20.1. The van der Waals surface area contributed by atoms with Crippen LogP contribution in [0, 0.1) is 0 Å².